The lowest BCUT2D eigenvalue weighted by Crippen LogP contribution is -2.26. The van der Waals surface area contributed by atoms with Gasteiger partial charge in [0.05, 0.1) is 34.8 Å². The molecule has 5 rings (SSSR count). The van der Waals surface area contributed by atoms with Crippen LogP contribution in [-0.2, 0) is 19.4 Å². The first kappa shape index (κ1) is 24.5. The van der Waals surface area contributed by atoms with Crippen LogP contribution < -0.4 is 4.90 Å². The predicted octanol–water partition coefficient (Wildman–Crippen LogP) is 5.64. The second-order valence-electron chi connectivity index (χ2n) is 9.28. The second-order valence-corrected chi connectivity index (χ2v) is 9.69. The molecule has 0 atom stereocenters. The molecule has 0 fully saturated rings. The maximum atomic E-state index is 10.4. The van der Waals surface area contributed by atoms with E-state index in [0.29, 0.717) is 35.1 Å². The lowest BCUT2D eigenvalue weighted by molar-refractivity contribution is 0.537. The van der Waals surface area contributed by atoms with Crippen molar-refractivity contribution < 1.29 is 0 Å². The SMILES string of the molecule is C#CCN(Cc1ccc(-c2ccccn2)nc1)c1c(C#N)c(-c2c(Cl)cnn2C(C)C)nc2c1CCC2. The summed E-state index contributed by atoms with van der Waals surface area (Å²) < 4.78 is 1.82. The zero-order chi connectivity index (χ0) is 25.9. The van der Waals surface area contributed by atoms with E-state index in [0.717, 1.165) is 53.2 Å². The molecule has 0 aliphatic heterocycles. The van der Waals surface area contributed by atoms with E-state index >= 15 is 0 Å². The molecule has 4 aromatic rings. The van der Waals surface area contributed by atoms with Gasteiger partial charge in [0.25, 0.3) is 0 Å². The summed E-state index contributed by atoms with van der Waals surface area (Å²) in [5.41, 5.74) is 7.19. The number of anilines is 1. The van der Waals surface area contributed by atoms with Gasteiger partial charge in [-0.05, 0) is 62.4 Å². The van der Waals surface area contributed by atoms with Gasteiger partial charge in [0.1, 0.15) is 23.0 Å². The quantitative estimate of drug-likeness (QED) is 0.301. The minimum absolute atomic E-state index is 0.0538. The van der Waals surface area contributed by atoms with Crippen LogP contribution in [-0.4, -0.2) is 31.3 Å². The lowest BCUT2D eigenvalue weighted by atomic mass is 10.0. The number of nitrogens with zero attached hydrogens (tertiary/aromatic N) is 7. The average molecular weight is 508 g/mol. The number of rotatable bonds is 7. The normalized spacial score (nSPS) is 12.3. The molecule has 8 heteroatoms. The monoisotopic (exact) mass is 507 g/mol. The number of fused-ring (bicyclic) bond motifs is 1. The zero-order valence-electron chi connectivity index (χ0n) is 20.8. The van der Waals surface area contributed by atoms with E-state index in [-0.39, 0.29) is 6.04 Å². The second kappa shape index (κ2) is 10.4. The van der Waals surface area contributed by atoms with Crippen molar-refractivity contribution in [1.82, 2.24) is 24.7 Å². The molecule has 184 valence electrons. The summed E-state index contributed by atoms with van der Waals surface area (Å²) in [4.78, 5) is 16.0. The van der Waals surface area contributed by atoms with Gasteiger partial charge in [-0.2, -0.15) is 10.4 Å². The Labute approximate surface area is 221 Å². The topological polar surface area (TPSA) is 83.5 Å². The van der Waals surface area contributed by atoms with Gasteiger partial charge in [0, 0.05) is 30.7 Å². The molecule has 37 heavy (non-hydrogen) atoms. The van der Waals surface area contributed by atoms with Crippen molar-refractivity contribution in [1.29, 1.82) is 5.26 Å². The van der Waals surface area contributed by atoms with Gasteiger partial charge < -0.3 is 4.90 Å². The average Bonchev–Trinajstić information content (AvgIpc) is 3.54. The van der Waals surface area contributed by atoms with Crippen molar-refractivity contribution in [3.05, 3.63) is 76.3 Å². The molecule has 0 bridgehead atoms. The van der Waals surface area contributed by atoms with Crippen LogP contribution in [0, 0.1) is 23.7 Å². The van der Waals surface area contributed by atoms with Gasteiger partial charge in [-0.15, -0.1) is 6.42 Å². The molecule has 1 aliphatic carbocycles. The lowest BCUT2D eigenvalue weighted by Gasteiger charge is -2.27. The van der Waals surface area contributed by atoms with Crippen molar-refractivity contribution >= 4 is 17.3 Å². The van der Waals surface area contributed by atoms with Crippen LogP contribution in [0.3, 0.4) is 0 Å². The molecule has 0 spiro atoms. The predicted molar refractivity (Wildman–Crippen MR) is 145 cm³/mol. The molecule has 7 nitrogen and oxygen atoms in total. The van der Waals surface area contributed by atoms with E-state index in [4.69, 9.17) is 23.0 Å². The molecule has 4 aromatic heterocycles. The number of pyridine rings is 3. The summed E-state index contributed by atoms with van der Waals surface area (Å²) in [6.45, 7) is 4.89. The first-order valence-corrected chi connectivity index (χ1v) is 12.6. The summed E-state index contributed by atoms with van der Waals surface area (Å²) in [6.07, 6.45) is 13.7. The van der Waals surface area contributed by atoms with Gasteiger partial charge >= 0.3 is 0 Å². The Morgan fingerprint density at radius 1 is 1.14 bits per heavy atom. The van der Waals surface area contributed by atoms with Crippen LogP contribution in [0.2, 0.25) is 5.02 Å². The Bertz CT molecular complexity index is 1510. The molecule has 0 unspecified atom stereocenters. The van der Waals surface area contributed by atoms with E-state index < -0.39 is 0 Å². The number of halogens is 1. The van der Waals surface area contributed by atoms with Crippen LogP contribution >= 0.6 is 11.6 Å². The maximum Gasteiger partial charge on any atom is 0.110 e. The van der Waals surface area contributed by atoms with Gasteiger partial charge in [-0.3, -0.25) is 14.6 Å². The molecule has 1 aliphatic rings. The highest BCUT2D eigenvalue weighted by atomic mass is 35.5. The molecule has 0 saturated heterocycles. The summed E-state index contributed by atoms with van der Waals surface area (Å²) in [7, 11) is 0. The fraction of sp³-hybridized carbons (Fsp3) is 0.276. The summed E-state index contributed by atoms with van der Waals surface area (Å²) in [5.74, 6) is 2.78. The van der Waals surface area contributed by atoms with Gasteiger partial charge in [-0.25, -0.2) is 4.98 Å². The Balaban J connectivity index is 1.60. The summed E-state index contributed by atoms with van der Waals surface area (Å²) in [5, 5.41) is 15.4. The molecule has 0 saturated carbocycles. The highest BCUT2D eigenvalue weighted by molar-refractivity contribution is 6.33. The number of hydrogen-bond acceptors (Lipinski definition) is 6. The van der Waals surface area contributed by atoms with Gasteiger partial charge in [0.2, 0.25) is 0 Å². The summed E-state index contributed by atoms with van der Waals surface area (Å²) >= 11 is 6.60. The molecular formula is C29H26ClN7. The third-order valence-corrected chi connectivity index (χ3v) is 6.77. The number of nitriles is 1. The van der Waals surface area contributed by atoms with Crippen LogP contribution in [0.25, 0.3) is 22.8 Å². The molecule has 0 N–H and O–H groups in total. The standard InChI is InChI=1S/C29H26ClN7/c1-4-14-36(18-20-11-12-26(33-16-20)25-9-5-6-13-32-25)28-21-8-7-10-24(21)35-27(22(28)15-31)29-23(30)17-34-37(29)19(2)3/h1,5-6,9,11-13,16-17,19H,7-8,10,14,18H2,2-3H3. The molecule has 0 amide bonds. The first-order chi connectivity index (χ1) is 18.0. The number of hydrogen-bond donors (Lipinski definition) is 0. The smallest absolute Gasteiger partial charge is 0.110 e. The minimum atomic E-state index is 0.0538. The Morgan fingerprint density at radius 3 is 2.65 bits per heavy atom. The maximum absolute atomic E-state index is 10.4. The number of terminal acetylenes is 1. The van der Waals surface area contributed by atoms with Crippen LogP contribution in [0.1, 0.15) is 48.7 Å². The van der Waals surface area contributed by atoms with E-state index in [2.05, 4.69) is 32.0 Å². The fourth-order valence-electron chi connectivity index (χ4n) is 4.87. The molecular weight excluding hydrogens is 482 g/mol. The molecule has 4 heterocycles. The Kier molecular flexibility index (Phi) is 6.90. The first-order valence-electron chi connectivity index (χ1n) is 12.3. The van der Waals surface area contributed by atoms with Crippen molar-refractivity contribution in [2.75, 3.05) is 11.4 Å². The van der Waals surface area contributed by atoms with Crippen molar-refractivity contribution in [3.63, 3.8) is 0 Å². The van der Waals surface area contributed by atoms with Crippen LogP contribution in [0.5, 0.6) is 0 Å². The third-order valence-electron chi connectivity index (χ3n) is 6.49. The van der Waals surface area contributed by atoms with Crippen molar-refractivity contribution in [2.24, 2.45) is 0 Å². The molecule has 0 radical (unpaired) electrons. The Morgan fingerprint density at radius 2 is 1.97 bits per heavy atom. The van der Waals surface area contributed by atoms with E-state index in [1.54, 1.807) is 12.4 Å². The molecule has 0 aromatic carbocycles. The van der Waals surface area contributed by atoms with Crippen molar-refractivity contribution in [2.45, 2.75) is 45.7 Å². The number of aromatic nitrogens is 5. The highest BCUT2D eigenvalue weighted by Crippen LogP contribution is 2.41. The minimum Gasteiger partial charge on any atom is -0.355 e. The summed E-state index contributed by atoms with van der Waals surface area (Å²) in [6, 6.07) is 12.2. The van der Waals surface area contributed by atoms with Gasteiger partial charge in [-0.1, -0.05) is 29.7 Å². The Hall–Kier alpha value is -4.20. The zero-order valence-corrected chi connectivity index (χ0v) is 21.6. The van der Waals surface area contributed by atoms with Gasteiger partial charge in [0.15, 0.2) is 0 Å². The number of aryl methyl sites for hydroxylation is 1. The van der Waals surface area contributed by atoms with E-state index in [9.17, 15) is 5.26 Å². The van der Waals surface area contributed by atoms with Crippen LogP contribution in [0.4, 0.5) is 5.69 Å². The van der Waals surface area contributed by atoms with Crippen molar-refractivity contribution in [3.8, 4) is 41.2 Å². The highest BCUT2D eigenvalue weighted by Gasteiger charge is 2.29. The third kappa shape index (κ3) is 4.67. The fourth-order valence-corrected chi connectivity index (χ4v) is 5.09. The largest absolute Gasteiger partial charge is 0.355 e. The van der Waals surface area contributed by atoms with E-state index in [1.165, 1.54) is 0 Å². The van der Waals surface area contributed by atoms with E-state index in [1.807, 2.05) is 55.1 Å². The van der Waals surface area contributed by atoms with Crippen LogP contribution in [0.15, 0.2) is 48.9 Å².